The molecule has 0 aromatic carbocycles. The predicted molar refractivity (Wildman–Crippen MR) is 34.8 cm³/mol. The van der Waals surface area contributed by atoms with E-state index in [2.05, 4.69) is 22.0 Å². The molecule has 1 heterocycles. The molecule has 0 saturated heterocycles. The number of hydrogen-bond acceptors (Lipinski definition) is 4. The van der Waals surface area contributed by atoms with Crippen LogP contribution in [0.4, 0.5) is 0 Å². The van der Waals surface area contributed by atoms with Gasteiger partial charge in [-0.2, -0.15) is 4.80 Å². The third-order valence-corrected chi connectivity index (χ3v) is 1.00. The fraction of sp³-hybridized carbons (Fsp3) is 0.400. The minimum atomic E-state index is 0.421. The minimum absolute atomic E-state index is 0.421. The maximum absolute atomic E-state index is 4.78. The maximum Gasteiger partial charge on any atom is 0.238 e. The standard InChI is InChI=1S/C5H8N4O/c1-4(10-3)5-6-8-9(2)7-5/h1H2,2-3H3. The van der Waals surface area contributed by atoms with Crippen molar-refractivity contribution in [2.24, 2.45) is 7.05 Å². The zero-order valence-corrected chi connectivity index (χ0v) is 5.90. The van der Waals surface area contributed by atoms with E-state index in [1.54, 1.807) is 7.05 Å². The van der Waals surface area contributed by atoms with E-state index in [0.717, 1.165) is 0 Å². The van der Waals surface area contributed by atoms with Crippen molar-refractivity contribution in [3.63, 3.8) is 0 Å². The Hall–Kier alpha value is -1.39. The Balaban J connectivity index is 2.85. The number of nitrogens with zero attached hydrogens (tertiary/aromatic N) is 4. The molecule has 1 aromatic heterocycles. The second-order valence-electron chi connectivity index (χ2n) is 1.73. The molecule has 54 valence electrons. The zero-order chi connectivity index (χ0) is 7.56. The van der Waals surface area contributed by atoms with Gasteiger partial charge in [-0.15, -0.1) is 10.2 Å². The average molecular weight is 140 g/mol. The predicted octanol–water partition coefficient (Wildman–Crippen LogP) is -0.173. The first-order chi connectivity index (χ1) is 4.74. The molecule has 5 heteroatoms. The lowest BCUT2D eigenvalue weighted by molar-refractivity contribution is 0.367. The molecule has 0 bridgehead atoms. The van der Waals surface area contributed by atoms with E-state index in [1.807, 2.05) is 0 Å². The van der Waals surface area contributed by atoms with Crippen LogP contribution in [-0.2, 0) is 11.8 Å². The largest absolute Gasteiger partial charge is 0.493 e. The number of aromatic nitrogens is 4. The number of tetrazole rings is 1. The van der Waals surface area contributed by atoms with Gasteiger partial charge in [0.05, 0.1) is 14.2 Å². The normalized spacial score (nSPS) is 9.40. The molecule has 0 amide bonds. The summed E-state index contributed by atoms with van der Waals surface area (Å²) in [5, 5.41) is 11.1. The molecule has 0 atom stereocenters. The molecule has 0 aliphatic rings. The Kier molecular flexibility index (Phi) is 1.66. The van der Waals surface area contributed by atoms with Gasteiger partial charge in [0, 0.05) is 0 Å². The Morgan fingerprint density at radius 3 is 2.80 bits per heavy atom. The van der Waals surface area contributed by atoms with Gasteiger partial charge in [-0.3, -0.25) is 0 Å². The molecule has 5 nitrogen and oxygen atoms in total. The van der Waals surface area contributed by atoms with Gasteiger partial charge in [0.25, 0.3) is 0 Å². The fourth-order valence-corrected chi connectivity index (χ4v) is 0.487. The Morgan fingerprint density at radius 1 is 1.70 bits per heavy atom. The Morgan fingerprint density at radius 2 is 2.40 bits per heavy atom. The minimum Gasteiger partial charge on any atom is -0.493 e. The molecule has 0 spiro atoms. The van der Waals surface area contributed by atoms with Crippen LogP contribution >= 0.6 is 0 Å². The van der Waals surface area contributed by atoms with Crippen molar-refractivity contribution >= 4 is 5.76 Å². The van der Waals surface area contributed by atoms with Gasteiger partial charge in [0.2, 0.25) is 5.82 Å². The number of aryl methyl sites for hydroxylation is 1. The zero-order valence-electron chi connectivity index (χ0n) is 5.90. The maximum atomic E-state index is 4.78. The summed E-state index contributed by atoms with van der Waals surface area (Å²) in [5.41, 5.74) is 0. The molecule has 10 heavy (non-hydrogen) atoms. The van der Waals surface area contributed by atoms with Crippen molar-refractivity contribution in [2.75, 3.05) is 7.11 Å². The molecule has 0 fully saturated rings. The lowest BCUT2D eigenvalue weighted by Crippen LogP contribution is -1.93. The lowest BCUT2D eigenvalue weighted by Gasteiger charge is -1.94. The van der Waals surface area contributed by atoms with Crippen LogP contribution in [0.2, 0.25) is 0 Å². The highest BCUT2D eigenvalue weighted by Gasteiger charge is 2.03. The first kappa shape index (κ1) is 6.73. The molecule has 0 N–H and O–H groups in total. The van der Waals surface area contributed by atoms with Gasteiger partial charge in [-0.25, -0.2) is 0 Å². The third kappa shape index (κ3) is 1.12. The summed E-state index contributed by atoms with van der Waals surface area (Å²) in [6.45, 7) is 3.56. The van der Waals surface area contributed by atoms with E-state index in [1.165, 1.54) is 11.9 Å². The first-order valence-corrected chi connectivity index (χ1v) is 2.71. The molecular weight excluding hydrogens is 132 g/mol. The van der Waals surface area contributed by atoms with Crippen LogP contribution in [0.3, 0.4) is 0 Å². The van der Waals surface area contributed by atoms with Crippen molar-refractivity contribution < 1.29 is 4.74 Å². The number of methoxy groups -OCH3 is 1. The van der Waals surface area contributed by atoms with E-state index in [9.17, 15) is 0 Å². The molecule has 0 aliphatic carbocycles. The van der Waals surface area contributed by atoms with Crippen LogP contribution in [0.5, 0.6) is 0 Å². The summed E-state index contributed by atoms with van der Waals surface area (Å²) < 4.78 is 4.78. The molecule has 0 aliphatic heterocycles. The molecule has 0 saturated carbocycles. The highest BCUT2D eigenvalue weighted by atomic mass is 16.5. The van der Waals surface area contributed by atoms with Crippen molar-refractivity contribution in [3.05, 3.63) is 12.4 Å². The van der Waals surface area contributed by atoms with Gasteiger partial charge in [-0.1, -0.05) is 6.58 Å². The smallest absolute Gasteiger partial charge is 0.238 e. The molecule has 0 unspecified atom stereocenters. The molecule has 0 radical (unpaired) electrons. The Labute approximate surface area is 58.3 Å². The Bertz CT molecular complexity index is 242. The van der Waals surface area contributed by atoms with Crippen molar-refractivity contribution in [3.8, 4) is 0 Å². The second-order valence-corrected chi connectivity index (χ2v) is 1.73. The number of hydrogen-bond donors (Lipinski definition) is 0. The van der Waals surface area contributed by atoms with Crippen LogP contribution in [0, 0.1) is 0 Å². The summed E-state index contributed by atoms with van der Waals surface area (Å²) in [6, 6.07) is 0. The highest BCUT2D eigenvalue weighted by molar-refractivity contribution is 5.47. The van der Waals surface area contributed by atoms with Crippen LogP contribution in [0.1, 0.15) is 5.82 Å². The lowest BCUT2D eigenvalue weighted by atomic mass is 10.5. The van der Waals surface area contributed by atoms with Crippen LogP contribution in [0.25, 0.3) is 5.76 Å². The van der Waals surface area contributed by atoms with E-state index in [0.29, 0.717) is 11.6 Å². The third-order valence-electron chi connectivity index (χ3n) is 1.00. The molecule has 1 rings (SSSR count). The highest BCUT2D eigenvalue weighted by Crippen LogP contribution is 2.02. The van der Waals surface area contributed by atoms with Crippen LogP contribution < -0.4 is 0 Å². The van der Waals surface area contributed by atoms with Crippen molar-refractivity contribution in [1.29, 1.82) is 0 Å². The fourth-order valence-electron chi connectivity index (χ4n) is 0.487. The summed E-state index contributed by atoms with van der Waals surface area (Å²) in [5.74, 6) is 0.845. The van der Waals surface area contributed by atoms with Gasteiger partial charge >= 0.3 is 0 Å². The topological polar surface area (TPSA) is 52.8 Å². The van der Waals surface area contributed by atoms with Gasteiger partial charge in [0.1, 0.15) is 0 Å². The van der Waals surface area contributed by atoms with Gasteiger partial charge in [0.15, 0.2) is 5.76 Å². The van der Waals surface area contributed by atoms with Gasteiger partial charge < -0.3 is 4.74 Å². The van der Waals surface area contributed by atoms with Crippen LogP contribution in [0.15, 0.2) is 6.58 Å². The summed E-state index contributed by atoms with van der Waals surface area (Å²) in [6.07, 6.45) is 0. The van der Waals surface area contributed by atoms with Crippen molar-refractivity contribution in [2.45, 2.75) is 0 Å². The summed E-state index contributed by atoms with van der Waals surface area (Å²) >= 11 is 0. The van der Waals surface area contributed by atoms with Crippen molar-refractivity contribution in [1.82, 2.24) is 20.2 Å². The second kappa shape index (κ2) is 2.47. The average Bonchev–Trinajstić information content (AvgIpc) is 2.34. The van der Waals surface area contributed by atoms with Gasteiger partial charge in [-0.05, 0) is 5.21 Å². The number of ether oxygens (including phenoxy) is 1. The van der Waals surface area contributed by atoms with Crippen LogP contribution in [-0.4, -0.2) is 27.3 Å². The van der Waals surface area contributed by atoms with E-state index >= 15 is 0 Å². The summed E-state index contributed by atoms with van der Waals surface area (Å²) in [4.78, 5) is 1.35. The molecule has 1 aromatic rings. The van der Waals surface area contributed by atoms with E-state index in [4.69, 9.17) is 4.74 Å². The quantitative estimate of drug-likeness (QED) is 0.535. The van der Waals surface area contributed by atoms with E-state index < -0.39 is 0 Å². The SMILES string of the molecule is C=C(OC)c1nnn(C)n1. The number of rotatable bonds is 2. The molecular formula is C5H8N4O. The monoisotopic (exact) mass is 140 g/mol. The van der Waals surface area contributed by atoms with E-state index in [-0.39, 0.29) is 0 Å². The summed E-state index contributed by atoms with van der Waals surface area (Å²) in [7, 11) is 3.19. The first-order valence-electron chi connectivity index (χ1n) is 2.71.